The van der Waals surface area contributed by atoms with Gasteiger partial charge in [-0.25, -0.2) is 9.18 Å². The first kappa shape index (κ1) is 18.3. The number of nitrogens with zero attached hydrogens (tertiary/aromatic N) is 1. The smallest absolute Gasteiger partial charge is 0.410 e. The summed E-state index contributed by atoms with van der Waals surface area (Å²) in [6, 6.07) is 4.00. The molecule has 2 atom stereocenters. The van der Waals surface area contributed by atoms with Crippen LogP contribution in [0, 0.1) is 5.82 Å². The Labute approximate surface area is 141 Å². The lowest BCUT2D eigenvalue weighted by Gasteiger charge is -2.28. The number of carbonyl (C=O) groups is 1. The Morgan fingerprint density at radius 1 is 1.42 bits per heavy atom. The monoisotopic (exact) mass is 340 g/mol. The highest BCUT2D eigenvalue weighted by atomic mass is 19.1. The number of amides is 1. The lowest BCUT2D eigenvalue weighted by atomic mass is 10.2. The number of rotatable bonds is 4. The van der Waals surface area contributed by atoms with Crippen LogP contribution in [-0.4, -0.2) is 49.0 Å². The van der Waals surface area contributed by atoms with E-state index >= 15 is 0 Å². The van der Waals surface area contributed by atoms with Crippen LogP contribution in [0.15, 0.2) is 18.2 Å². The average Bonchev–Trinajstić information content (AvgIpc) is 2.88. The molecular weight excluding hydrogens is 315 g/mol. The quantitative estimate of drug-likeness (QED) is 0.853. The third kappa shape index (κ3) is 4.74. The maximum atomic E-state index is 13.8. The molecule has 0 radical (unpaired) electrons. The van der Waals surface area contributed by atoms with Gasteiger partial charge in [-0.15, -0.1) is 0 Å². The number of anilines is 1. The molecule has 1 aromatic rings. The Bertz CT molecular complexity index is 588. The first-order valence-electron chi connectivity index (χ1n) is 7.90. The maximum Gasteiger partial charge on any atom is 0.410 e. The van der Waals surface area contributed by atoms with Crippen molar-refractivity contribution in [3.63, 3.8) is 0 Å². The Balaban J connectivity index is 2.03. The van der Waals surface area contributed by atoms with Crippen LogP contribution in [0.5, 0.6) is 5.75 Å². The van der Waals surface area contributed by atoms with Crippen molar-refractivity contribution in [2.24, 2.45) is 0 Å². The molecule has 1 aliphatic rings. The van der Waals surface area contributed by atoms with Gasteiger partial charge in [0.25, 0.3) is 0 Å². The number of nitrogen functional groups attached to an aromatic ring is 1. The van der Waals surface area contributed by atoms with E-state index in [-0.39, 0.29) is 24.5 Å². The predicted octanol–water partition coefficient (Wildman–Crippen LogP) is 2.81. The summed E-state index contributed by atoms with van der Waals surface area (Å²) in [6.45, 7) is 6.00. The summed E-state index contributed by atoms with van der Waals surface area (Å²) in [5.74, 6) is -0.422. The highest BCUT2D eigenvalue weighted by Crippen LogP contribution is 2.25. The van der Waals surface area contributed by atoms with Crippen molar-refractivity contribution in [3.05, 3.63) is 24.0 Å². The van der Waals surface area contributed by atoms with E-state index in [0.717, 1.165) is 0 Å². The molecule has 1 saturated heterocycles. The fourth-order valence-corrected chi connectivity index (χ4v) is 2.57. The summed E-state index contributed by atoms with van der Waals surface area (Å²) < 4.78 is 30.1. The van der Waals surface area contributed by atoms with Gasteiger partial charge >= 0.3 is 6.09 Å². The molecule has 0 aromatic heterocycles. The molecule has 0 spiro atoms. The highest BCUT2D eigenvalue weighted by Gasteiger charge is 2.38. The van der Waals surface area contributed by atoms with E-state index in [0.29, 0.717) is 18.7 Å². The van der Waals surface area contributed by atoms with E-state index in [1.807, 2.05) is 20.8 Å². The normalized spacial score (nSPS) is 21.0. The first-order chi connectivity index (χ1) is 11.2. The number of hydrogen-bond donors (Lipinski definition) is 1. The van der Waals surface area contributed by atoms with E-state index < -0.39 is 17.5 Å². The Morgan fingerprint density at radius 2 is 2.12 bits per heavy atom. The van der Waals surface area contributed by atoms with Crippen LogP contribution in [0.4, 0.5) is 14.9 Å². The molecule has 1 amide bonds. The van der Waals surface area contributed by atoms with E-state index in [4.69, 9.17) is 19.9 Å². The van der Waals surface area contributed by atoms with Crippen LogP contribution in [0.2, 0.25) is 0 Å². The highest BCUT2D eigenvalue weighted by molar-refractivity contribution is 5.69. The maximum absolute atomic E-state index is 13.8. The molecule has 0 bridgehead atoms. The standard InChI is InChI=1S/C17H25FN2O4/c1-17(2,3)24-16(21)20-9-13(22-4)8-12(20)10-23-15-6-5-11(19)7-14(15)18/h5-7,12-13H,8-10,19H2,1-4H3/t12-,13+/m0/s1. The zero-order valence-electron chi connectivity index (χ0n) is 14.5. The van der Waals surface area contributed by atoms with Gasteiger partial charge in [0, 0.05) is 18.9 Å². The number of halogens is 1. The van der Waals surface area contributed by atoms with Gasteiger partial charge in [-0.3, -0.25) is 4.90 Å². The number of methoxy groups -OCH3 is 1. The largest absolute Gasteiger partial charge is 0.488 e. The fraction of sp³-hybridized carbons (Fsp3) is 0.588. The SMILES string of the molecule is CO[C@@H]1C[C@@H](COc2ccc(N)cc2F)N(C(=O)OC(C)(C)C)C1. The summed E-state index contributed by atoms with van der Waals surface area (Å²) in [7, 11) is 1.60. The molecular formula is C17H25FN2O4. The lowest BCUT2D eigenvalue weighted by Crippen LogP contribution is -2.42. The van der Waals surface area contributed by atoms with E-state index in [2.05, 4.69) is 0 Å². The van der Waals surface area contributed by atoms with Crippen molar-refractivity contribution >= 4 is 11.8 Å². The van der Waals surface area contributed by atoms with Gasteiger partial charge in [-0.1, -0.05) is 0 Å². The number of ether oxygens (including phenoxy) is 3. The summed E-state index contributed by atoms with van der Waals surface area (Å²) in [4.78, 5) is 13.9. The molecule has 134 valence electrons. The summed E-state index contributed by atoms with van der Waals surface area (Å²) >= 11 is 0. The summed E-state index contributed by atoms with van der Waals surface area (Å²) in [5.41, 5.74) is 5.26. The summed E-state index contributed by atoms with van der Waals surface area (Å²) in [6.07, 6.45) is 0.0857. The molecule has 1 fully saturated rings. The van der Waals surface area contributed by atoms with Gasteiger partial charge in [0.2, 0.25) is 0 Å². The zero-order valence-corrected chi connectivity index (χ0v) is 14.5. The van der Waals surface area contributed by atoms with Crippen LogP contribution in [0.25, 0.3) is 0 Å². The Kier molecular flexibility index (Phi) is 5.54. The van der Waals surface area contributed by atoms with E-state index in [1.165, 1.54) is 12.1 Å². The van der Waals surface area contributed by atoms with Gasteiger partial charge in [0.05, 0.1) is 18.7 Å². The van der Waals surface area contributed by atoms with Crippen molar-refractivity contribution in [2.75, 3.05) is 26.0 Å². The van der Waals surface area contributed by atoms with E-state index in [1.54, 1.807) is 18.1 Å². The molecule has 1 heterocycles. The molecule has 1 aliphatic heterocycles. The number of nitrogens with two attached hydrogens (primary N) is 1. The fourth-order valence-electron chi connectivity index (χ4n) is 2.57. The second kappa shape index (κ2) is 7.25. The third-order valence-corrected chi connectivity index (χ3v) is 3.72. The minimum absolute atomic E-state index is 0.0950. The number of hydrogen-bond acceptors (Lipinski definition) is 5. The van der Waals surface area contributed by atoms with Crippen molar-refractivity contribution in [3.8, 4) is 5.75 Å². The van der Waals surface area contributed by atoms with Crippen molar-refractivity contribution in [1.82, 2.24) is 4.90 Å². The predicted molar refractivity (Wildman–Crippen MR) is 88.4 cm³/mol. The number of carbonyl (C=O) groups excluding carboxylic acids is 1. The van der Waals surface area contributed by atoms with Crippen molar-refractivity contribution in [1.29, 1.82) is 0 Å². The third-order valence-electron chi connectivity index (χ3n) is 3.72. The molecule has 2 N–H and O–H groups in total. The molecule has 1 aromatic carbocycles. The van der Waals surface area contributed by atoms with Gasteiger partial charge < -0.3 is 19.9 Å². The van der Waals surface area contributed by atoms with Crippen molar-refractivity contribution in [2.45, 2.75) is 44.9 Å². The number of benzene rings is 1. The Hall–Kier alpha value is -2.02. The van der Waals surface area contributed by atoms with Crippen LogP contribution in [0.3, 0.4) is 0 Å². The molecule has 0 aliphatic carbocycles. The van der Waals surface area contributed by atoms with Gasteiger partial charge in [-0.2, -0.15) is 0 Å². The molecule has 0 saturated carbocycles. The van der Waals surface area contributed by atoms with Crippen LogP contribution in [0.1, 0.15) is 27.2 Å². The lowest BCUT2D eigenvalue weighted by molar-refractivity contribution is 0.0163. The average molecular weight is 340 g/mol. The number of likely N-dealkylation sites (tertiary alicyclic amines) is 1. The zero-order chi connectivity index (χ0) is 17.9. The minimum atomic E-state index is -0.587. The molecule has 6 nitrogen and oxygen atoms in total. The first-order valence-corrected chi connectivity index (χ1v) is 7.90. The Morgan fingerprint density at radius 3 is 2.71 bits per heavy atom. The molecule has 7 heteroatoms. The van der Waals surface area contributed by atoms with Crippen LogP contribution < -0.4 is 10.5 Å². The van der Waals surface area contributed by atoms with Crippen LogP contribution in [-0.2, 0) is 9.47 Å². The van der Waals surface area contributed by atoms with Crippen molar-refractivity contribution < 1.29 is 23.4 Å². The van der Waals surface area contributed by atoms with Gasteiger partial charge in [-0.05, 0) is 39.3 Å². The van der Waals surface area contributed by atoms with Gasteiger partial charge in [0.1, 0.15) is 12.2 Å². The second-order valence-corrected chi connectivity index (χ2v) is 6.88. The van der Waals surface area contributed by atoms with Gasteiger partial charge in [0.15, 0.2) is 11.6 Å². The van der Waals surface area contributed by atoms with Crippen LogP contribution >= 0.6 is 0 Å². The second-order valence-electron chi connectivity index (χ2n) is 6.88. The topological polar surface area (TPSA) is 74.0 Å². The molecule has 24 heavy (non-hydrogen) atoms. The molecule has 0 unspecified atom stereocenters. The van der Waals surface area contributed by atoms with E-state index in [9.17, 15) is 9.18 Å². The summed E-state index contributed by atoms with van der Waals surface area (Å²) in [5, 5.41) is 0. The minimum Gasteiger partial charge on any atom is -0.488 e. The molecule has 2 rings (SSSR count).